The van der Waals surface area contributed by atoms with Gasteiger partial charge in [-0.05, 0) is 27.7 Å². The first-order chi connectivity index (χ1) is 12.8. The molecule has 4 N–H and O–H groups in total. The van der Waals surface area contributed by atoms with Gasteiger partial charge in [0.1, 0.15) is 24.4 Å². The van der Waals surface area contributed by atoms with E-state index in [9.17, 15) is 15.3 Å². The zero-order chi connectivity index (χ0) is 20.4. The summed E-state index contributed by atoms with van der Waals surface area (Å²) in [6.45, 7) is 7.70. The molecule has 1 aliphatic heterocycles. The summed E-state index contributed by atoms with van der Waals surface area (Å²) in [5.74, 6) is 0. The van der Waals surface area contributed by atoms with Crippen LogP contribution >= 0.6 is 0 Å². The molecule has 152 valence electrons. The van der Waals surface area contributed by atoms with E-state index in [1.165, 1.54) is 5.57 Å². The molecule has 1 rings (SSSR count). The number of hydrogen-bond acceptors (Lipinski definition) is 6. The minimum atomic E-state index is -1.43. The second-order valence-corrected chi connectivity index (χ2v) is 6.85. The van der Waals surface area contributed by atoms with Gasteiger partial charge in [-0.3, -0.25) is 0 Å². The van der Waals surface area contributed by atoms with Crippen LogP contribution in [-0.2, 0) is 9.47 Å². The van der Waals surface area contributed by atoms with Crippen molar-refractivity contribution >= 4 is 0 Å². The van der Waals surface area contributed by atoms with Crippen molar-refractivity contribution in [2.45, 2.75) is 58.4 Å². The molecule has 0 amide bonds. The third-order valence-electron chi connectivity index (χ3n) is 4.02. The first-order valence-electron chi connectivity index (χ1n) is 9.01. The molecular weight excluding hydrogens is 348 g/mol. The maximum Gasteiger partial charge on any atom is 0.187 e. The van der Waals surface area contributed by atoms with E-state index in [0.29, 0.717) is 0 Å². The number of allylic oxidation sites excluding steroid dienone is 9. The van der Waals surface area contributed by atoms with E-state index in [0.717, 1.165) is 11.1 Å². The Hall–Kier alpha value is -1.54. The zero-order valence-electron chi connectivity index (χ0n) is 16.4. The zero-order valence-corrected chi connectivity index (χ0v) is 16.4. The molecule has 1 fully saturated rings. The lowest BCUT2D eigenvalue weighted by Crippen LogP contribution is -2.59. The van der Waals surface area contributed by atoms with Crippen molar-refractivity contribution in [3.63, 3.8) is 0 Å². The highest BCUT2D eigenvalue weighted by atomic mass is 16.7. The van der Waals surface area contributed by atoms with E-state index in [1.807, 2.05) is 64.2 Å². The third-order valence-corrected chi connectivity index (χ3v) is 4.02. The Balaban J connectivity index is 2.52. The first kappa shape index (κ1) is 23.5. The van der Waals surface area contributed by atoms with E-state index >= 15 is 0 Å². The summed E-state index contributed by atoms with van der Waals surface area (Å²) in [5.41, 5.74) is 3.32. The van der Waals surface area contributed by atoms with Crippen molar-refractivity contribution in [3.05, 3.63) is 59.3 Å². The molecule has 0 bridgehead atoms. The Morgan fingerprint density at radius 2 is 1.52 bits per heavy atom. The highest BCUT2D eigenvalue weighted by Crippen LogP contribution is 2.21. The standard InChI is InChI=1S/C21H32O6/c1-14(2)7-5-8-15(3)9-6-10-16(4)11-12-26-21-20(25)19(24)18(23)17(13-22)27-21/h5-11,17-25H,12-13H2,1-4H3/t17-,18-,19+,20-,21?/m1/s1. The van der Waals surface area contributed by atoms with Gasteiger partial charge in [0.2, 0.25) is 0 Å². The average Bonchev–Trinajstić information content (AvgIpc) is 2.61. The topological polar surface area (TPSA) is 99.4 Å². The normalized spacial score (nSPS) is 30.3. The van der Waals surface area contributed by atoms with Gasteiger partial charge in [0.25, 0.3) is 0 Å². The number of aliphatic hydroxyl groups is 4. The van der Waals surface area contributed by atoms with Gasteiger partial charge in [0.15, 0.2) is 6.29 Å². The molecule has 6 nitrogen and oxygen atoms in total. The van der Waals surface area contributed by atoms with Gasteiger partial charge in [0.05, 0.1) is 13.2 Å². The Morgan fingerprint density at radius 1 is 0.889 bits per heavy atom. The molecule has 5 atom stereocenters. The Bertz CT molecular complexity index is 596. The number of aliphatic hydroxyl groups excluding tert-OH is 4. The summed E-state index contributed by atoms with van der Waals surface area (Å²) in [4.78, 5) is 0. The summed E-state index contributed by atoms with van der Waals surface area (Å²) < 4.78 is 10.7. The van der Waals surface area contributed by atoms with Gasteiger partial charge in [-0.1, -0.05) is 59.3 Å². The fourth-order valence-electron chi connectivity index (χ4n) is 2.35. The van der Waals surface area contributed by atoms with Crippen molar-refractivity contribution in [3.8, 4) is 0 Å². The molecule has 1 heterocycles. The van der Waals surface area contributed by atoms with Gasteiger partial charge in [0, 0.05) is 0 Å². The Morgan fingerprint density at radius 3 is 2.15 bits per heavy atom. The maximum absolute atomic E-state index is 9.90. The molecule has 0 aromatic heterocycles. The van der Waals surface area contributed by atoms with Crippen molar-refractivity contribution in [1.82, 2.24) is 0 Å². The monoisotopic (exact) mass is 380 g/mol. The fourth-order valence-corrected chi connectivity index (χ4v) is 2.35. The summed E-state index contributed by atoms with van der Waals surface area (Å²) in [6, 6.07) is 0. The second kappa shape index (κ2) is 12.0. The molecule has 1 aliphatic rings. The molecule has 0 aromatic rings. The van der Waals surface area contributed by atoms with Gasteiger partial charge in [-0.25, -0.2) is 0 Å². The quantitative estimate of drug-likeness (QED) is 0.479. The lowest BCUT2D eigenvalue weighted by atomic mass is 9.99. The number of rotatable bonds is 8. The highest BCUT2D eigenvalue weighted by molar-refractivity contribution is 5.28. The largest absolute Gasteiger partial charge is 0.394 e. The van der Waals surface area contributed by atoms with Crippen molar-refractivity contribution in [2.75, 3.05) is 13.2 Å². The maximum atomic E-state index is 9.90. The van der Waals surface area contributed by atoms with Crippen LogP contribution in [0.3, 0.4) is 0 Å². The van der Waals surface area contributed by atoms with E-state index in [4.69, 9.17) is 14.6 Å². The molecule has 0 radical (unpaired) electrons. The molecule has 0 aromatic carbocycles. The summed E-state index contributed by atoms with van der Waals surface area (Å²) >= 11 is 0. The summed E-state index contributed by atoms with van der Waals surface area (Å²) in [6.07, 6.45) is 7.45. The van der Waals surface area contributed by atoms with E-state index in [2.05, 4.69) is 0 Å². The summed E-state index contributed by atoms with van der Waals surface area (Å²) in [5, 5.41) is 38.5. The molecule has 0 aliphatic carbocycles. The van der Waals surface area contributed by atoms with Gasteiger partial charge >= 0.3 is 0 Å². The van der Waals surface area contributed by atoms with Gasteiger partial charge in [-0.15, -0.1) is 0 Å². The minimum absolute atomic E-state index is 0.155. The lowest BCUT2D eigenvalue weighted by molar-refractivity contribution is -0.298. The van der Waals surface area contributed by atoms with Crippen molar-refractivity contribution in [1.29, 1.82) is 0 Å². The van der Waals surface area contributed by atoms with Gasteiger partial charge < -0.3 is 29.9 Å². The van der Waals surface area contributed by atoms with Gasteiger partial charge in [-0.2, -0.15) is 0 Å². The van der Waals surface area contributed by atoms with Crippen LogP contribution in [0.15, 0.2) is 59.3 Å². The van der Waals surface area contributed by atoms with Crippen LogP contribution in [0.4, 0.5) is 0 Å². The van der Waals surface area contributed by atoms with Crippen LogP contribution in [0.1, 0.15) is 27.7 Å². The highest BCUT2D eigenvalue weighted by Gasteiger charge is 2.43. The SMILES string of the molecule is CC(C)=CC=CC(C)=CC=CC(C)=CCOC1O[C@H](CO)[C@@H](O)[C@H](O)[C@H]1O. The average molecular weight is 380 g/mol. The predicted molar refractivity (Wildman–Crippen MR) is 105 cm³/mol. The molecule has 0 spiro atoms. The Kier molecular flexibility index (Phi) is 10.5. The van der Waals surface area contributed by atoms with Crippen molar-refractivity contribution < 1.29 is 29.9 Å². The molecular formula is C21H32O6. The van der Waals surface area contributed by atoms with Crippen LogP contribution in [0.5, 0.6) is 0 Å². The molecule has 1 unspecified atom stereocenters. The van der Waals surface area contributed by atoms with Crippen LogP contribution in [0.2, 0.25) is 0 Å². The number of hydrogen-bond donors (Lipinski definition) is 4. The van der Waals surface area contributed by atoms with Crippen molar-refractivity contribution in [2.24, 2.45) is 0 Å². The molecule has 1 saturated heterocycles. The smallest absolute Gasteiger partial charge is 0.187 e. The lowest BCUT2D eigenvalue weighted by Gasteiger charge is -2.39. The molecule has 27 heavy (non-hydrogen) atoms. The fraction of sp³-hybridized carbons (Fsp3) is 0.524. The van der Waals surface area contributed by atoms with Crippen LogP contribution in [0, 0.1) is 0 Å². The van der Waals surface area contributed by atoms with E-state index in [-0.39, 0.29) is 6.61 Å². The van der Waals surface area contributed by atoms with E-state index in [1.54, 1.807) is 6.08 Å². The van der Waals surface area contributed by atoms with E-state index < -0.39 is 37.3 Å². The Labute approximate surface area is 161 Å². The third kappa shape index (κ3) is 8.34. The van der Waals surface area contributed by atoms with Crippen LogP contribution < -0.4 is 0 Å². The second-order valence-electron chi connectivity index (χ2n) is 6.85. The minimum Gasteiger partial charge on any atom is -0.394 e. The number of ether oxygens (including phenoxy) is 2. The molecule has 6 heteroatoms. The van der Waals surface area contributed by atoms with Crippen LogP contribution in [0.25, 0.3) is 0 Å². The summed E-state index contributed by atoms with van der Waals surface area (Å²) in [7, 11) is 0. The van der Waals surface area contributed by atoms with Crippen LogP contribution in [-0.4, -0.2) is 64.3 Å². The molecule has 0 saturated carbocycles. The first-order valence-corrected chi connectivity index (χ1v) is 9.01. The predicted octanol–water partition coefficient (Wildman–Crippen LogP) is 1.77.